The van der Waals surface area contributed by atoms with Gasteiger partial charge in [-0.25, -0.2) is 0 Å². The number of rotatable bonds is 8. The molecule has 1 aliphatic heterocycles. The number of carbonyl (C=O) groups excluding carboxylic acids is 1. The van der Waals surface area contributed by atoms with Crippen LogP contribution < -0.4 is 0 Å². The van der Waals surface area contributed by atoms with Crippen LogP contribution in [0.2, 0.25) is 0 Å². The molecule has 0 aromatic heterocycles. The van der Waals surface area contributed by atoms with E-state index >= 15 is 0 Å². The molecule has 5 nitrogen and oxygen atoms in total. The van der Waals surface area contributed by atoms with Crippen molar-refractivity contribution >= 4 is 5.97 Å². The summed E-state index contributed by atoms with van der Waals surface area (Å²) in [5.41, 5.74) is 0.428. The van der Waals surface area contributed by atoms with Crippen LogP contribution in [0.3, 0.4) is 0 Å². The van der Waals surface area contributed by atoms with Gasteiger partial charge in [-0.1, -0.05) is 20.8 Å². The third-order valence-electron chi connectivity index (χ3n) is 11.6. The molecule has 4 aliphatic carbocycles. The maximum atomic E-state index is 12.3. The van der Waals surface area contributed by atoms with Crippen molar-refractivity contribution in [2.75, 3.05) is 6.61 Å². The summed E-state index contributed by atoms with van der Waals surface area (Å²) in [7, 11) is 0. The molecule has 5 heteroatoms. The number of ether oxygens (including phenoxy) is 1. The van der Waals surface area contributed by atoms with Gasteiger partial charge in [-0.2, -0.15) is 10.2 Å². The lowest BCUT2D eigenvalue weighted by Crippen LogP contribution is -2.59. The number of terminal acetylenes is 1. The van der Waals surface area contributed by atoms with Crippen molar-refractivity contribution in [1.82, 2.24) is 0 Å². The molecule has 1 N–H and O–H groups in total. The molecule has 1 spiro atoms. The number of esters is 1. The minimum Gasteiger partial charge on any atom is -0.466 e. The van der Waals surface area contributed by atoms with Crippen molar-refractivity contribution in [2.45, 2.75) is 116 Å². The van der Waals surface area contributed by atoms with E-state index in [1.54, 1.807) is 0 Å². The van der Waals surface area contributed by atoms with Crippen LogP contribution in [0, 0.1) is 58.7 Å². The largest absolute Gasteiger partial charge is 0.466 e. The van der Waals surface area contributed by atoms with E-state index in [0.717, 1.165) is 63.2 Å². The molecule has 0 aromatic carbocycles. The molecule has 5 aliphatic rings. The van der Waals surface area contributed by atoms with E-state index in [9.17, 15) is 9.90 Å². The predicted molar refractivity (Wildman–Crippen MR) is 136 cm³/mol. The van der Waals surface area contributed by atoms with Crippen molar-refractivity contribution < 1.29 is 14.6 Å². The van der Waals surface area contributed by atoms with Crippen LogP contribution in [0.4, 0.5) is 0 Å². The van der Waals surface area contributed by atoms with E-state index < -0.39 is 0 Å². The van der Waals surface area contributed by atoms with Crippen molar-refractivity contribution in [2.24, 2.45) is 56.6 Å². The molecular formula is C30H46N2O3. The summed E-state index contributed by atoms with van der Waals surface area (Å²) < 4.78 is 5.46. The van der Waals surface area contributed by atoms with Gasteiger partial charge in [0.05, 0.1) is 12.7 Å². The van der Waals surface area contributed by atoms with Gasteiger partial charge in [0.1, 0.15) is 0 Å². The van der Waals surface area contributed by atoms with Crippen LogP contribution in [0.15, 0.2) is 10.2 Å². The zero-order chi connectivity index (χ0) is 24.8. The first-order chi connectivity index (χ1) is 16.7. The standard InChI is InChI=1S/C30H46N2O3/c1-5-6-7-8-17-35-27(34)12-9-20(2)23-10-11-24-22-19-30(31-32-30)26-18-21(33)13-15-29(26,4)25(22)14-16-28(23,24)3/h1,20-26,33H,6-19H2,2-4H3/t20-,21-,22-,23-,24-,25+,26-,28-,29-/m1/s1. The third kappa shape index (κ3) is 4.36. The Morgan fingerprint density at radius 2 is 1.86 bits per heavy atom. The van der Waals surface area contributed by atoms with Gasteiger partial charge in [0.25, 0.3) is 0 Å². The van der Waals surface area contributed by atoms with Crippen LogP contribution in [0.5, 0.6) is 0 Å². The number of aliphatic hydroxyl groups excluding tert-OH is 1. The maximum absolute atomic E-state index is 12.3. The first kappa shape index (κ1) is 25.2. The summed E-state index contributed by atoms with van der Waals surface area (Å²) in [6, 6.07) is 0. The summed E-state index contributed by atoms with van der Waals surface area (Å²) >= 11 is 0. The lowest BCUT2D eigenvalue weighted by molar-refractivity contribution is -0.147. The molecule has 0 radical (unpaired) electrons. The van der Waals surface area contributed by atoms with Gasteiger partial charge in [-0.15, -0.1) is 12.3 Å². The number of hydrogen-bond acceptors (Lipinski definition) is 5. The minimum absolute atomic E-state index is 0.0504. The lowest BCUT2D eigenvalue weighted by Gasteiger charge is -2.62. The zero-order valence-electron chi connectivity index (χ0n) is 22.2. The van der Waals surface area contributed by atoms with Crippen LogP contribution in [0.1, 0.15) is 104 Å². The molecule has 1 heterocycles. The molecule has 5 rings (SSSR count). The van der Waals surface area contributed by atoms with Gasteiger partial charge >= 0.3 is 5.97 Å². The highest BCUT2D eigenvalue weighted by atomic mass is 16.5. The van der Waals surface area contributed by atoms with Gasteiger partial charge in [0.15, 0.2) is 5.66 Å². The Hall–Kier alpha value is -1.41. The summed E-state index contributed by atoms with van der Waals surface area (Å²) in [5.74, 6) is 6.42. The maximum Gasteiger partial charge on any atom is 0.305 e. The fraction of sp³-hybridized carbons (Fsp3) is 0.900. The fourth-order valence-corrected chi connectivity index (χ4v) is 9.75. The first-order valence-corrected chi connectivity index (χ1v) is 14.4. The van der Waals surface area contributed by atoms with Gasteiger partial charge in [0, 0.05) is 25.2 Å². The van der Waals surface area contributed by atoms with E-state index in [-0.39, 0.29) is 23.2 Å². The van der Waals surface area contributed by atoms with E-state index in [0.29, 0.717) is 42.1 Å². The summed E-state index contributed by atoms with van der Waals surface area (Å²) in [6.07, 6.45) is 18.4. The molecule has 4 saturated carbocycles. The highest BCUT2D eigenvalue weighted by Crippen LogP contribution is 2.72. The number of carbonyl (C=O) groups is 1. The van der Waals surface area contributed by atoms with Crippen molar-refractivity contribution in [1.29, 1.82) is 0 Å². The monoisotopic (exact) mass is 482 g/mol. The summed E-state index contributed by atoms with van der Waals surface area (Å²) in [4.78, 5) is 12.3. The Bertz CT molecular complexity index is 873. The van der Waals surface area contributed by atoms with E-state index in [2.05, 4.69) is 36.9 Å². The molecule has 0 bridgehead atoms. The second kappa shape index (κ2) is 9.47. The zero-order valence-corrected chi connectivity index (χ0v) is 22.2. The molecule has 0 aromatic rings. The van der Waals surface area contributed by atoms with Crippen LogP contribution in [-0.2, 0) is 9.53 Å². The number of fused-ring (bicyclic) bond motifs is 6. The van der Waals surface area contributed by atoms with Crippen LogP contribution in [0.25, 0.3) is 0 Å². The molecule has 0 saturated heterocycles. The Kier molecular flexibility index (Phi) is 6.83. The smallest absolute Gasteiger partial charge is 0.305 e. The quantitative estimate of drug-likeness (QED) is 0.242. The van der Waals surface area contributed by atoms with E-state index in [1.165, 1.54) is 25.7 Å². The molecule has 4 fully saturated rings. The molecule has 9 atom stereocenters. The Labute approximate surface area is 212 Å². The molecule has 0 amide bonds. The number of hydrogen-bond donors (Lipinski definition) is 1. The number of unbranched alkanes of at least 4 members (excludes halogenated alkanes) is 2. The van der Waals surface area contributed by atoms with Crippen molar-refractivity contribution in [3.8, 4) is 12.3 Å². The molecule has 35 heavy (non-hydrogen) atoms. The number of nitrogens with zero attached hydrogens (tertiary/aromatic N) is 2. The summed E-state index contributed by atoms with van der Waals surface area (Å²) in [6.45, 7) is 7.95. The normalized spacial score (nSPS) is 43.5. The highest BCUT2D eigenvalue weighted by molar-refractivity contribution is 5.69. The van der Waals surface area contributed by atoms with Gasteiger partial charge in [-0.05, 0) is 105 Å². The second-order valence-electron chi connectivity index (χ2n) is 13.3. The average Bonchev–Trinajstić information content (AvgIpc) is 3.50. The van der Waals surface area contributed by atoms with Crippen LogP contribution in [-0.4, -0.2) is 29.4 Å². The lowest BCUT2D eigenvalue weighted by atomic mass is 9.42. The topological polar surface area (TPSA) is 71.2 Å². The predicted octanol–water partition coefficient (Wildman–Crippen LogP) is 6.54. The van der Waals surface area contributed by atoms with Gasteiger partial charge in [0.2, 0.25) is 0 Å². The second-order valence-corrected chi connectivity index (χ2v) is 13.3. The molecule has 0 unspecified atom stereocenters. The molecule has 194 valence electrons. The average molecular weight is 483 g/mol. The van der Waals surface area contributed by atoms with E-state index in [1.807, 2.05) is 0 Å². The Balaban J connectivity index is 1.21. The number of aliphatic hydroxyl groups is 1. The third-order valence-corrected chi connectivity index (χ3v) is 11.6. The van der Waals surface area contributed by atoms with Crippen molar-refractivity contribution in [3.05, 3.63) is 0 Å². The minimum atomic E-state index is -0.191. The Morgan fingerprint density at radius 3 is 2.60 bits per heavy atom. The van der Waals surface area contributed by atoms with Crippen molar-refractivity contribution in [3.63, 3.8) is 0 Å². The SMILES string of the molecule is C#CCCCCOC(=O)CC[C@@H](C)[C@H]1CC[C@@H]2[C@H]3CC4(N=N4)[C@@H]4C[C@H](O)CC[C@]4(C)[C@H]3CC[C@@]21C. The fourth-order valence-electron chi connectivity index (χ4n) is 9.75. The highest BCUT2D eigenvalue weighted by Gasteiger charge is 2.69. The Morgan fingerprint density at radius 1 is 1.11 bits per heavy atom. The van der Waals surface area contributed by atoms with E-state index in [4.69, 9.17) is 11.2 Å². The van der Waals surface area contributed by atoms with Gasteiger partial charge < -0.3 is 9.84 Å². The summed E-state index contributed by atoms with van der Waals surface area (Å²) in [5, 5.41) is 19.8. The first-order valence-electron chi connectivity index (χ1n) is 14.4. The molecular weight excluding hydrogens is 436 g/mol. The van der Waals surface area contributed by atoms with Gasteiger partial charge in [-0.3, -0.25) is 4.79 Å². The van der Waals surface area contributed by atoms with Crippen LogP contribution >= 0.6 is 0 Å².